The largest absolute Gasteiger partial charge is 0.481 e. The highest BCUT2D eigenvalue weighted by atomic mass is 28.4. The fourth-order valence-electron chi connectivity index (χ4n) is 5.52. The van der Waals surface area contributed by atoms with Gasteiger partial charge in [0.05, 0.1) is 30.4 Å². The Labute approximate surface area is 301 Å². The molecule has 9 heteroatoms. The third-order valence-electron chi connectivity index (χ3n) is 11.3. The molecule has 0 radical (unpaired) electrons. The van der Waals surface area contributed by atoms with Crippen LogP contribution in [0, 0.1) is 17.3 Å². The van der Waals surface area contributed by atoms with E-state index in [1.165, 1.54) is 5.57 Å². The Morgan fingerprint density at radius 3 is 1.96 bits per heavy atom. The highest BCUT2D eigenvalue weighted by Gasteiger charge is 2.49. The van der Waals surface area contributed by atoms with E-state index in [2.05, 4.69) is 92.6 Å². The molecule has 0 fully saturated rings. The lowest BCUT2D eigenvalue weighted by molar-refractivity contribution is -0.146. The maximum atomic E-state index is 14.5. The summed E-state index contributed by atoms with van der Waals surface area (Å²) in [7, 11) is -4.63. The van der Waals surface area contributed by atoms with E-state index >= 15 is 0 Å². The molecule has 0 bridgehead atoms. The van der Waals surface area contributed by atoms with E-state index < -0.39 is 46.1 Å². The van der Waals surface area contributed by atoms with Gasteiger partial charge < -0.3 is 19.1 Å². The van der Waals surface area contributed by atoms with Crippen molar-refractivity contribution in [1.82, 2.24) is 4.98 Å². The number of nitrogens with zero attached hydrogens (tertiary/aromatic N) is 1. The molecule has 7 nitrogen and oxygen atoms in total. The first-order valence-corrected chi connectivity index (χ1v) is 24.0. The minimum Gasteiger partial charge on any atom is -0.481 e. The number of pyridine rings is 1. The average molecular weight is 718 g/mol. The minimum absolute atomic E-state index is 0.00721. The number of carbonyl (C=O) groups is 2. The van der Waals surface area contributed by atoms with Gasteiger partial charge >= 0.3 is 5.97 Å². The molecule has 0 aliphatic heterocycles. The lowest BCUT2D eigenvalue weighted by atomic mass is 9.73. The number of ketones is 1. The van der Waals surface area contributed by atoms with E-state index in [9.17, 15) is 19.8 Å². The highest BCUT2D eigenvalue weighted by Crippen LogP contribution is 2.44. The van der Waals surface area contributed by atoms with Crippen LogP contribution in [-0.2, 0) is 18.4 Å². The van der Waals surface area contributed by atoms with Crippen LogP contribution in [-0.4, -0.2) is 61.9 Å². The Morgan fingerprint density at radius 2 is 1.47 bits per heavy atom. The molecule has 1 aromatic rings. The van der Waals surface area contributed by atoms with Gasteiger partial charge in [0.25, 0.3) is 0 Å². The average Bonchev–Trinajstić information content (AvgIpc) is 2.96. The molecule has 0 aromatic carbocycles. The fourth-order valence-corrected chi connectivity index (χ4v) is 8.43. The van der Waals surface area contributed by atoms with Crippen LogP contribution in [0.4, 0.5) is 0 Å². The smallest absolute Gasteiger partial charge is 0.305 e. The molecule has 1 heterocycles. The van der Waals surface area contributed by atoms with E-state index in [0.29, 0.717) is 6.42 Å². The molecule has 0 aliphatic carbocycles. The SMILES string of the molecule is CC(=Cc1ccccn1)C(O)C/C=C(\C)CCC[C@H](C)[C@H](O[Si](C)(C)C(C)(C)C)[C@@H](C)C(=O)C(C)(C)[C@H](CC(=O)O)O[Si](C)(C)C(C)(C)C. The van der Waals surface area contributed by atoms with Crippen molar-refractivity contribution in [2.75, 3.05) is 0 Å². The normalized spacial score (nSPS) is 17.3. The number of hydrogen-bond acceptors (Lipinski definition) is 6. The van der Waals surface area contributed by atoms with Gasteiger partial charge in [0.15, 0.2) is 16.6 Å². The number of aromatic nitrogens is 1. The zero-order valence-electron chi connectivity index (χ0n) is 33.9. The number of aliphatic hydroxyl groups excluding tert-OH is 1. The van der Waals surface area contributed by atoms with Gasteiger partial charge in [0.2, 0.25) is 0 Å². The topological polar surface area (TPSA) is 106 Å². The predicted octanol–water partition coefficient (Wildman–Crippen LogP) is 10.5. The minimum atomic E-state index is -2.37. The molecule has 0 aliphatic rings. The van der Waals surface area contributed by atoms with Crippen LogP contribution in [0.1, 0.15) is 121 Å². The van der Waals surface area contributed by atoms with Crippen LogP contribution in [0.25, 0.3) is 6.08 Å². The summed E-state index contributed by atoms with van der Waals surface area (Å²) in [5.41, 5.74) is 1.91. The Hall–Kier alpha value is -1.92. The molecule has 0 amide bonds. The molecule has 1 rings (SSSR count). The molecule has 0 saturated carbocycles. The second-order valence-electron chi connectivity index (χ2n) is 18.0. The molecular weight excluding hydrogens is 647 g/mol. The van der Waals surface area contributed by atoms with Gasteiger partial charge in [-0.3, -0.25) is 14.6 Å². The summed E-state index contributed by atoms with van der Waals surface area (Å²) in [6, 6.07) is 5.73. The number of carbonyl (C=O) groups excluding carboxylic acids is 1. The first-order chi connectivity index (χ1) is 22.1. The second-order valence-corrected chi connectivity index (χ2v) is 27.5. The summed E-state index contributed by atoms with van der Waals surface area (Å²) < 4.78 is 13.8. The molecule has 280 valence electrons. The van der Waals surface area contributed by atoms with Crippen LogP contribution in [0.5, 0.6) is 0 Å². The lowest BCUT2D eigenvalue weighted by Gasteiger charge is -2.46. The van der Waals surface area contributed by atoms with Crippen molar-refractivity contribution in [3.05, 3.63) is 47.3 Å². The Balaban J connectivity index is 3.20. The van der Waals surface area contributed by atoms with Crippen molar-refractivity contribution in [3.8, 4) is 0 Å². The monoisotopic (exact) mass is 717 g/mol. The third kappa shape index (κ3) is 13.6. The molecule has 5 atom stereocenters. The van der Waals surface area contributed by atoms with Gasteiger partial charge in [-0.25, -0.2) is 0 Å². The molecular formula is C40H71NO6Si2. The number of rotatable bonds is 19. The number of aliphatic hydroxyl groups is 1. The van der Waals surface area contributed by atoms with E-state index in [0.717, 1.165) is 30.5 Å². The number of carboxylic acid groups (broad SMARTS) is 1. The summed E-state index contributed by atoms with van der Waals surface area (Å²) in [4.78, 5) is 30.9. The van der Waals surface area contributed by atoms with Gasteiger partial charge in [0.1, 0.15) is 5.78 Å². The first-order valence-electron chi connectivity index (χ1n) is 18.2. The van der Waals surface area contributed by atoms with E-state index in [4.69, 9.17) is 8.85 Å². The Morgan fingerprint density at radius 1 is 0.918 bits per heavy atom. The Bertz CT molecular complexity index is 1270. The zero-order valence-corrected chi connectivity index (χ0v) is 35.9. The second kappa shape index (κ2) is 18.0. The standard InChI is InChI=1S/C40H71NO6Si2/c1-28(23-24-33(42)30(3)26-32-22-17-18-25-41-32)20-19-21-29(2)36(47-49(15,16)39(8,9)10)31(4)37(45)40(11,12)34(27-35(43)44)46-48(13,14)38(5,6)7/h17-18,22-23,25-26,29,31,33-34,36,42H,19-21,24,27H2,1-16H3,(H,43,44)/b28-23+,30-26?/t29-,31+,33?,34-,36-/m0/s1. The van der Waals surface area contributed by atoms with E-state index in [1.807, 2.05) is 52.0 Å². The van der Waals surface area contributed by atoms with Crippen LogP contribution >= 0.6 is 0 Å². The van der Waals surface area contributed by atoms with Crippen LogP contribution in [0.15, 0.2) is 41.6 Å². The van der Waals surface area contributed by atoms with Gasteiger partial charge in [-0.1, -0.05) is 87.0 Å². The maximum absolute atomic E-state index is 14.5. The van der Waals surface area contributed by atoms with Gasteiger partial charge in [-0.05, 0) is 105 Å². The van der Waals surface area contributed by atoms with Gasteiger partial charge in [0, 0.05) is 17.5 Å². The van der Waals surface area contributed by atoms with Crippen molar-refractivity contribution >= 4 is 34.5 Å². The molecule has 0 spiro atoms. The number of allylic oxidation sites excluding steroid dienone is 1. The number of Topliss-reactive ketones (excluding diaryl/α,β-unsaturated/α-hetero) is 1. The van der Waals surface area contributed by atoms with Crippen molar-refractivity contribution in [2.24, 2.45) is 17.3 Å². The summed E-state index contributed by atoms with van der Waals surface area (Å²) in [6.45, 7) is 33.6. The fraction of sp³-hybridized carbons (Fsp3) is 0.725. The summed E-state index contributed by atoms with van der Waals surface area (Å²) in [5.74, 6) is -1.31. The summed E-state index contributed by atoms with van der Waals surface area (Å²) in [6.07, 6.45) is 7.19. The predicted molar refractivity (Wildman–Crippen MR) is 210 cm³/mol. The van der Waals surface area contributed by atoms with Crippen molar-refractivity contribution in [1.29, 1.82) is 0 Å². The molecule has 0 saturated heterocycles. The van der Waals surface area contributed by atoms with Crippen molar-refractivity contribution in [3.63, 3.8) is 0 Å². The van der Waals surface area contributed by atoms with Crippen molar-refractivity contribution in [2.45, 2.75) is 170 Å². The quantitative estimate of drug-likeness (QED) is 0.108. The number of carboxylic acids is 1. The summed E-state index contributed by atoms with van der Waals surface area (Å²) in [5, 5.41) is 20.5. The Kier molecular flexibility index (Phi) is 16.6. The molecule has 49 heavy (non-hydrogen) atoms. The van der Waals surface area contributed by atoms with Crippen LogP contribution in [0.2, 0.25) is 36.3 Å². The third-order valence-corrected chi connectivity index (χ3v) is 20.2. The summed E-state index contributed by atoms with van der Waals surface area (Å²) >= 11 is 0. The molecule has 1 aromatic heterocycles. The number of hydrogen-bond donors (Lipinski definition) is 2. The van der Waals surface area contributed by atoms with Gasteiger partial charge in [-0.15, -0.1) is 0 Å². The first kappa shape index (κ1) is 45.1. The number of aliphatic carboxylic acids is 1. The zero-order chi connectivity index (χ0) is 38.2. The van der Waals surface area contributed by atoms with Crippen molar-refractivity contribution < 1.29 is 28.7 Å². The maximum Gasteiger partial charge on any atom is 0.305 e. The van der Waals surface area contributed by atoms with Gasteiger partial charge in [-0.2, -0.15) is 0 Å². The van der Waals surface area contributed by atoms with E-state index in [1.54, 1.807) is 6.20 Å². The van der Waals surface area contributed by atoms with E-state index in [-0.39, 0.29) is 34.3 Å². The lowest BCUT2D eigenvalue weighted by Crippen LogP contribution is -2.54. The molecule has 1 unspecified atom stereocenters. The molecule has 2 N–H and O–H groups in total. The highest BCUT2D eigenvalue weighted by molar-refractivity contribution is 6.74. The van der Waals surface area contributed by atoms with Crippen LogP contribution in [0.3, 0.4) is 0 Å². The van der Waals surface area contributed by atoms with Crippen LogP contribution < -0.4 is 0 Å².